The molecular weight excluding hydrogens is 228 g/mol. The molecule has 1 N–H and O–H groups in total. The second kappa shape index (κ2) is 8.48. The predicted octanol–water partition coefficient (Wildman–Crippen LogP) is 1.79. The Kier molecular flexibility index (Phi) is 7.28. The highest BCUT2D eigenvalue weighted by Gasteiger charge is 2.27. The summed E-state index contributed by atoms with van der Waals surface area (Å²) in [6, 6.07) is 0.975. The van der Waals surface area contributed by atoms with Crippen LogP contribution in [0.15, 0.2) is 0 Å². The summed E-state index contributed by atoms with van der Waals surface area (Å²) < 4.78 is 5.25. The van der Waals surface area contributed by atoms with Crippen LogP contribution >= 0.6 is 0 Å². The molecule has 0 aromatic rings. The van der Waals surface area contributed by atoms with E-state index in [9.17, 15) is 4.79 Å². The molecule has 0 amide bonds. The number of nitrogens with zero attached hydrogens (tertiary/aromatic N) is 1. The van der Waals surface area contributed by atoms with Gasteiger partial charge in [0.05, 0.1) is 13.2 Å². The van der Waals surface area contributed by atoms with Gasteiger partial charge in [-0.15, -0.1) is 0 Å². The Morgan fingerprint density at radius 2 is 2.11 bits per heavy atom. The van der Waals surface area contributed by atoms with Crippen molar-refractivity contribution in [3.05, 3.63) is 0 Å². The molecule has 2 unspecified atom stereocenters. The number of carbonyl (C=O) groups is 1. The molecule has 2 atom stereocenters. The van der Waals surface area contributed by atoms with Crippen molar-refractivity contribution in [1.82, 2.24) is 10.2 Å². The SMILES string of the molecule is CCCCOC(=O)CN1CC(CC)NCC1CC. The second-order valence-electron chi connectivity index (χ2n) is 5.08. The van der Waals surface area contributed by atoms with Gasteiger partial charge in [0, 0.05) is 25.2 Å². The lowest BCUT2D eigenvalue weighted by Gasteiger charge is -2.39. The molecule has 0 saturated carbocycles. The fraction of sp³-hybridized carbons (Fsp3) is 0.929. The van der Waals surface area contributed by atoms with E-state index in [-0.39, 0.29) is 5.97 Å². The average molecular weight is 256 g/mol. The summed E-state index contributed by atoms with van der Waals surface area (Å²) in [5, 5.41) is 3.53. The maximum atomic E-state index is 11.8. The van der Waals surface area contributed by atoms with Crippen molar-refractivity contribution < 1.29 is 9.53 Å². The van der Waals surface area contributed by atoms with Crippen LogP contribution in [0.2, 0.25) is 0 Å². The highest BCUT2D eigenvalue weighted by Crippen LogP contribution is 2.12. The standard InChI is InChI=1S/C14H28N2O2/c1-4-7-8-18-14(17)11-16-10-12(5-2)15-9-13(16)6-3/h12-13,15H,4-11H2,1-3H3. The molecule has 106 valence electrons. The number of carbonyl (C=O) groups excluding carboxylic acids is 1. The van der Waals surface area contributed by atoms with Crippen molar-refractivity contribution >= 4 is 5.97 Å². The van der Waals surface area contributed by atoms with E-state index in [4.69, 9.17) is 4.74 Å². The first-order chi connectivity index (χ1) is 8.71. The van der Waals surface area contributed by atoms with Gasteiger partial charge in [-0.05, 0) is 19.3 Å². The minimum atomic E-state index is -0.0707. The van der Waals surface area contributed by atoms with Crippen LogP contribution in [0.1, 0.15) is 46.5 Å². The Morgan fingerprint density at radius 3 is 2.72 bits per heavy atom. The van der Waals surface area contributed by atoms with Gasteiger partial charge in [-0.1, -0.05) is 27.2 Å². The highest BCUT2D eigenvalue weighted by molar-refractivity contribution is 5.71. The molecule has 18 heavy (non-hydrogen) atoms. The summed E-state index contributed by atoms with van der Waals surface area (Å²) in [7, 11) is 0. The lowest BCUT2D eigenvalue weighted by molar-refractivity contribution is -0.146. The third-order valence-electron chi connectivity index (χ3n) is 3.67. The van der Waals surface area contributed by atoms with E-state index in [1.165, 1.54) is 0 Å². The summed E-state index contributed by atoms with van der Waals surface area (Å²) in [5.74, 6) is -0.0707. The zero-order valence-electron chi connectivity index (χ0n) is 12.1. The molecule has 0 bridgehead atoms. The maximum absolute atomic E-state index is 11.8. The predicted molar refractivity (Wildman–Crippen MR) is 73.6 cm³/mol. The summed E-state index contributed by atoms with van der Waals surface area (Å²) in [6.07, 6.45) is 4.21. The number of rotatable bonds is 7. The Hall–Kier alpha value is -0.610. The fourth-order valence-corrected chi connectivity index (χ4v) is 2.34. The van der Waals surface area contributed by atoms with Crippen LogP contribution in [0.4, 0.5) is 0 Å². The van der Waals surface area contributed by atoms with Gasteiger partial charge in [0.2, 0.25) is 0 Å². The van der Waals surface area contributed by atoms with E-state index in [1.807, 2.05) is 0 Å². The van der Waals surface area contributed by atoms with Gasteiger partial charge in [0.15, 0.2) is 0 Å². The van der Waals surface area contributed by atoms with Crippen molar-refractivity contribution in [2.45, 2.75) is 58.5 Å². The van der Waals surface area contributed by atoms with Crippen LogP contribution in [0, 0.1) is 0 Å². The first-order valence-corrected chi connectivity index (χ1v) is 7.34. The Bertz CT molecular complexity index is 246. The largest absolute Gasteiger partial charge is 0.465 e. The van der Waals surface area contributed by atoms with Crippen LogP contribution in [0.25, 0.3) is 0 Å². The van der Waals surface area contributed by atoms with Gasteiger partial charge < -0.3 is 10.1 Å². The zero-order chi connectivity index (χ0) is 13.4. The van der Waals surface area contributed by atoms with Crippen LogP contribution < -0.4 is 5.32 Å². The van der Waals surface area contributed by atoms with Crippen molar-refractivity contribution in [2.75, 3.05) is 26.2 Å². The molecule has 1 rings (SSSR count). The van der Waals surface area contributed by atoms with E-state index in [2.05, 4.69) is 31.0 Å². The first kappa shape index (κ1) is 15.4. The molecule has 0 aliphatic carbocycles. The Labute approximate surface area is 111 Å². The van der Waals surface area contributed by atoms with Crippen molar-refractivity contribution in [3.63, 3.8) is 0 Å². The lowest BCUT2D eigenvalue weighted by Crippen LogP contribution is -2.57. The van der Waals surface area contributed by atoms with Gasteiger partial charge in [0.25, 0.3) is 0 Å². The van der Waals surface area contributed by atoms with Crippen LogP contribution in [-0.4, -0.2) is 49.2 Å². The molecule has 4 heteroatoms. The number of ether oxygens (including phenoxy) is 1. The highest BCUT2D eigenvalue weighted by atomic mass is 16.5. The normalized spacial score (nSPS) is 25.1. The van der Waals surface area contributed by atoms with E-state index in [0.717, 1.165) is 38.8 Å². The van der Waals surface area contributed by atoms with E-state index in [0.29, 0.717) is 25.2 Å². The molecule has 4 nitrogen and oxygen atoms in total. The number of hydrogen-bond donors (Lipinski definition) is 1. The van der Waals surface area contributed by atoms with Gasteiger partial charge in [0.1, 0.15) is 0 Å². The fourth-order valence-electron chi connectivity index (χ4n) is 2.34. The van der Waals surface area contributed by atoms with Gasteiger partial charge >= 0.3 is 5.97 Å². The molecule has 1 heterocycles. The van der Waals surface area contributed by atoms with E-state index < -0.39 is 0 Å². The lowest BCUT2D eigenvalue weighted by atomic mass is 10.1. The summed E-state index contributed by atoms with van der Waals surface area (Å²) >= 11 is 0. The first-order valence-electron chi connectivity index (χ1n) is 7.34. The minimum Gasteiger partial charge on any atom is -0.465 e. The third-order valence-corrected chi connectivity index (χ3v) is 3.67. The summed E-state index contributed by atoms with van der Waals surface area (Å²) in [6.45, 7) is 9.41. The summed E-state index contributed by atoms with van der Waals surface area (Å²) in [5.41, 5.74) is 0. The molecule has 0 spiro atoms. The smallest absolute Gasteiger partial charge is 0.320 e. The molecule has 0 aromatic carbocycles. The molecule has 1 fully saturated rings. The molecule has 0 radical (unpaired) electrons. The molecule has 1 saturated heterocycles. The van der Waals surface area contributed by atoms with Gasteiger partial charge in [-0.2, -0.15) is 0 Å². The van der Waals surface area contributed by atoms with Gasteiger partial charge in [-0.3, -0.25) is 9.69 Å². The number of piperazine rings is 1. The van der Waals surface area contributed by atoms with Crippen LogP contribution in [0.5, 0.6) is 0 Å². The average Bonchev–Trinajstić information content (AvgIpc) is 2.39. The molecular formula is C14H28N2O2. The number of unbranched alkanes of at least 4 members (excludes halogenated alkanes) is 1. The minimum absolute atomic E-state index is 0.0707. The number of esters is 1. The van der Waals surface area contributed by atoms with Crippen molar-refractivity contribution in [2.24, 2.45) is 0 Å². The summed E-state index contributed by atoms with van der Waals surface area (Å²) in [4.78, 5) is 14.0. The second-order valence-corrected chi connectivity index (χ2v) is 5.08. The van der Waals surface area contributed by atoms with Crippen LogP contribution in [-0.2, 0) is 9.53 Å². The van der Waals surface area contributed by atoms with Crippen molar-refractivity contribution in [1.29, 1.82) is 0 Å². The molecule has 0 aromatic heterocycles. The van der Waals surface area contributed by atoms with Crippen LogP contribution in [0.3, 0.4) is 0 Å². The Morgan fingerprint density at radius 1 is 1.33 bits per heavy atom. The third kappa shape index (κ3) is 4.94. The molecule has 1 aliphatic rings. The monoisotopic (exact) mass is 256 g/mol. The quantitative estimate of drug-likeness (QED) is 0.557. The topological polar surface area (TPSA) is 41.6 Å². The van der Waals surface area contributed by atoms with Gasteiger partial charge in [-0.25, -0.2) is 0 Å². The maximum Gasteiger partial charge on any atom is 0.320 e. The van der Waals surface area contributed by atoms with Crippen molar-refractivity contribution in [3.8, 4) is 0 Å². The Balaban J connectivity index is 2.37. The molecule has 1 aliphatic heterocycles. The number of nitrogens with one attached hydrogen (secondary N) is 1. The zero-order valence-corrected chi connectivity index (χ0v) is 12.1. The number of hydrogen-bond acceptors (Lipinski definition) is 4. The van der Waals surface area contributed by atoms with E-state index in [1.54, 1.807) is 0 Å². The van der Waals surface area contributed by atoms with E-state index >= 15 is 0 Å².